The van der Waals surface area contributed by atoms with Crippen molar-refractivity contribution in [3.8, 4) is 5.75 Å². The van der Waals surface area contributed by atoms with Gasteiger partial charge in [-0.3, -0.25) is 4.79 Å². The first-order chi connectivity index (χ1) is 12.9. The van der Waals surface area contributed by atoms with Crippen LogP contribution in [0.1, 0.15) is 21.5 Å². The summed E-state index contributed by atoms with van der Waals surface area (Å²) in [5.41, 5.74) is -0.948. The Morgan fingerprint density at radius 1 is 1.11 bits per heavy atom. The maximum absolute atomic E-state index is 13.0. The molecule has 2 aromatic rings. The third-order valence-corrected chi connectivity index (χ3v) is 5.82. The predicted molar refractivity (Wildman–Crippen MR) is 98.0 cm³/mol. The highest BCUT2D eigenvalue weighted by atomic mass is 32.2. The Hall–Kier alpha value is -2.59. The number of rotatable bonds is 5. The molecule has 6 nitrogen and oxygen atoms in total. The summed E-state index contributed by atoms with van der Waals surface area (Å²) in [4.78, 5) is 12.2. The number of methoxy groups -OCH3 is 1. The van der Waals surface area contributed by atoms with Gasteiger partial charge in [-0.15, -0.1) is 0 Å². The molecule has 0 aliphatic heterocycles. The van der Waals surface area contributed by atoms with E-state index in [2.05, 4.69) is 5.32 Å². The van der Waals surface area contributed by atoms with E-state index in [1.807, 2.05) is 0 Å². The number of amides is 1. The standard InChI is InChI=1S/C18H19F3N2O4S/c1-11-5-7-13(10-14(11)18(19,20)21)22-17(24)12-6-8-15(27-4)16(9-12)28(25,26)23(2)3/h5-10H,1-4H3,(H,22,24). The molecule has 0 fully saturated rings. The second kappa shape index (κ2) is 7.80. The lowest BCUT2D eigenvalue weighted by Gasteiger charge is -2.16. The average molecular weight is 416 g/mol. The minimum Gasteiger partial charge on any atom is -0.495 e. The SMILES string of the molecule is COc1ccc(C(=O)Nc2ccc(C)c(C(F)(F)F)c2)cc1S(=O)(=O)N(C)C. The molecule has 2 aromatic carbocycles. The van der Waals surface area contributed by atoms with Crippen molar-refractivity contribution in [2.75, 3.05) is 26.5 Å². The number of nitrogens with zero attached hydrogens (tertiary/aromatic N) is 1. The van der Waals surface area contributed by atoms with E-state index in [9.17, 15) is 26.4 Å². The van der Waals surface area contributed by atoms with E-state index in [4.69, 9.17) is 4.74 Å². The van der Waals surface area contributed by atoms with Crippen LogP contribution >= 0.6 is 0 Å². The molecule has 0 saturated carbocycles. The van der Waals surface area contributed by atoms with E-state index in [-0.39, 0.29) is 27.5 Å². The predicted octanol–water partition coefficient (Wildman–Crippen LogP) is 3.53. The van der Waals surface area contributed by atoms with Crippen LogP contribution in [-0.2, 0) is 16.2 Å². The molecule has 1 amide bonds. The molecule has 0 aliphatic carbocycles. The Bertz CT molecular complexity index is 1000. The zero-order valence-corrected chi connectivity index (χ0v) is 16.4. The summed E-state index contributed by atoms with van der Waals surface area (Å²) in [6, 6.07) is 7.15. The average Bonchev–Trinajstić information content (AvgIpc) is 2.61. The summed E-state index contributed by atoms with van der Waals surface area (Å²) in [7, 11) is 0.0375. The van der Waals surface area contributed by atoms with Gasteiger partial charge >= 0.3 is 6.18 Å². The van der Waals surface area contributed by atoms with Crippen LogP contribution in [0.25, 0.3) is 0 Å². The van der Waals surface area contributed by atoms with Crippen LogP contribution in [-0.4, -0.2) is 39.8 Å². The maximum Gasteiger partial charge on any atom is 0.416 e. The molecular formula is C18H19F3N2O4S. The number of ether oxygens (including phenoxy) is 1. The van der Waals surface area contributed by atoms with E-state index in [1.165, 1.54) is 52.4 Å². The smallest absolute Gasteiger partial charge is 0.416 e. The van der Waals surface area contributed by atoms with Crippen LogP contribution in [0.2, 0.25) is 0 Å². The number of sulfonamides is 1. The molecular weight excluding hydrogens is 397 g/mol. The summed E-state index contributed by atoms with van der Waals surface area (Å²) in [5.74, 6) is -0.713. The first kappa shape index (κ1) is 21.7. The summed E-state index contributed by atoms with van der Waals surface area (Å²) in [6.07, 6.45) is -4.56. The Morgan fingerprint density at radius 2 is 1.75 bits per heavy atom. The van der Waals surface area contributed by atoms with Gasteiger partial charge in [-0.05, 0) is 42.8 Å². The highest BCUT2D eigenvalue weighted by Crippen LogP contribution is 2.33. The molecule has 0 atom stereocenters. The van der Waals surface area contributed by atoms with Crippen molar-refractivity contribution in [3.63, 3.8) is 0 Å². The van der Waals surface area contributed by atoms with E-state index in [0.29, 0.717) is 0 Å². The number of carbonyl (C=O) groups is 1. The van der Waals surface area contributed by atoms with Gasteiger partial charge in [0, 0.05) is 25.3 Å². The molecule has 0 bridgehead atoms. The molecule has 0 aromatic heterocycles. The molecule has 0 aliphatic rings. The largest absolute Gasteiger partial charge is 0.495 e. The summed E-state index contributed by atoms with van der Waals surface area (Å²) in [6.45, 7) is 1.32. The highest BCUT2D eigenvalue weighted by Gasteiger charge is 2.32. The summed E-state index contributed by atoms with van der Waals surface area (Å²) in [5, 5.41) is 2.36. The van der Waals surface area contributed by atoms with Crippen molar-refractivity contribution >= 4 is 21.6 Å². The lowest BCUT2D eigenvalue weighted by molar-refractivity contribution is -0.138. The quantitative estimate of drug-likeness (QED) is 0.809. The number of carbonyl (C=O) groups excluding carboxylic acids is 1. The van der Waals surface area contributed by atoms with Crippen molar-refractivity contribution in [3.05, 3.63) is 53.1 Å². The van der Waals surface area contributed by atoms with Crippen molar-refractivity contribution in [2.24, 2.45) is 0 Å². The molecule has 10 heteroatoms. The number of aryl methyl sites for hydroxylation is 1. The number of hydrogen-bond donors (Lipinski definition) is 1. The topological polar surface area (TPSA) is 75.7 Å². The summed E-state index contributed by atoms with van der Waals surface area (Å²) >= 11 is 0. The number of benzene rings is 2. The van der Waals surface area contributed by atoms with Gasteiger partial charge in [-0.1, -0.05) is 6.07 Å². The van der Waals surface area contributed by atoms with Gasteiger partial charge in [0.2, 0.25) is 10.0 Å². The molecule has 0 heterocycles. The maximum atomic E-state index is 13.0. The fourth-order valence-electron chi connectivity index (χ4n) is 2.42. The Balaban J connectivity index is 2.41. The third-order valence-electron chi connectivity index (χ3n) is 3.99. The van der Waals surface area contributed by atoms with Crippen LogP contribution in [0.4, 0.5) is 18.9 Å². The Kier molecular flexibility index (Phi) is 6.05. The van der Waals surface area contributed by atoms with Gasteiger partial charge in [-0.2, -0.15) is 13.2 Å². The monoisotopic (exact) mass is 416 g/mol. The molecule has 152 valence electrons. The van der Waals surface area contributed by atoms with Gasteiger partial charge in [-0.25, -0.2) is 12.7 Å². The van der Waals surface area contributed by atoms with Gasteiger partial charge < -0.3 is 10.1 Å². The molecule has 0 unspecified atom stereocenters. The number of hydrogen-bond acceptors (Lipinski definition) is 4. The fourth-order valence-corrected chi connectivity index (χ4v) is 3.50. The first-order valence-electron chi connectivity index (χ1n) is 7.97. The number of anilines is 1. The third kappa shape index (κ3) is 4.45. The Morgan fingerprint density at radius 3 is 2.29 bits per heavy atom. The molecule has 28 heavy (non-hydrogen) atoms. The van der Waals surface area contributed by atoms with Crippen LogP contribution < -0.4 is 10.1 Å². The molecule has 0 saturated heterocycles. The van der Waals surface area contributed by atoms with E-state index >= 15 is 0 Å². The number of alkyl halides is 3. The van der Waals surface area contributed by atoms with Crippen LogP contribution in [0.15, 0.2) is 41.3 Å². The fraction of sp³-hybridized carbons (Fsp3) is 0.278. The minimum absolute atomic E-state index is 0.0225. The van der Waals surface area contributed by atoms with Gasteiger partial charge in [0.15, 0.2) is 0 Å². The van der Waals surface area contributed by atoms with Gasteiger partial charge in [0.1, 0.15) is 10.6 Å². The van der Waals surface area contributed by atoms with Crippen molar-refractivity contribution in [1.29, 1.82) is 0 Å². The summed E-state index contributed by atoms with van der Waals surface area (Å²) < 4.78 is 70.0. The van der Waals surface area contributed by atoms with E-state index in [0.717, 1.165) is 16.4 Å². The van der Waals surface area contributed by atoms with Crippen molar-refractivity contribution in [2.45, 2.75) is 18.0 Å². The molecule has 1 N–H and O–H groups in total. The van der Waals surface area contributed by atoms with Crippen LogP contribution in [0, 0.1) is 6.92 Å². The zero-order valence-electron chi connectivity index (χ0n) is 15.6. The van der Waals surface area contributed by atoms with E-state index in [1.54, 1.807) is 0 Å². The Labute approximate surface area is 161 Å². The second-order valence-corrected chi connectivity index (χ2v) is 8.25. The van der Waals surface area contributed by atoms with Crippen LogP contribution in [0.3, 0.4) is 0 Å². The van der Waals surface area contributed by atoms with Crippen molar-refractivity contribution in [1.82, 2.24) is 4.31 Å². The molecule has 2 rings (SSSR count). The van der Waals surface area contributed by atoms with Crippen LogP contribution in [0.5, 0.6) is 5.75 Å². The minimum atomic E-state index is -4.56. The number of halogens is 3. The molecule has 0 radical (unpaired) electrons. The lowest BCUT2D eigenvalue weighted by atomic mass is 10.1. The highest BCUT2D eigenvalue weighted by molar-refractivity contribution is 7.89. The van der Waals surface area contributed by atoms with Gasteiger partial charge in [0.05, 0.1) is 12.7 Å². The van der Waals surface area contributed by atoms with E-state index < -0.39 is 27.7 Å². The first-order valence-corrected chi connectivity index (χ1v) is 9.41. The number of nitrogens with one attached hydrogen (secondary N) is 1. The van der Waals surface area contributed by atoms with Gasteiger partial charge in [0.25, 0.3) is 5.91 Å². The van der Waals surface area contributed by atoms with Crippen molar-refractivity contribution < 1.29 is 31.1 Å². The normalized spacial score (nSPS) is 12.1. The zero-order chi connectivity index (χ0) is 21.3. The lowest BCUT2D eigenvalue weighted by Crippen LogP contribution is -2.23. The second-order valence-electron chi connectivity index (χ2n) is 6.13. The molecule has 0 spiro atoms.